The average Bonchev–Trinajstić information content (AvgIpc) is 3.21. The summed E-state index contributed by atoms with van der Waals surface area (Å²) in [6.07, 6.45) is -0.101. The summed E-state index contributed by atoms with van der Waals surface area (Å²) >= 11 is 6.14. The fourth-order valence-corrected chi connectivity index (χ4v) is 4.26. The van der Waals surface area contributed by atoms with Crippen molar-refractivity contribution >= 4 is 45.2 Å². The van der Waals surface area contributed by atoms with E-state index in [1.165, 1.54) is 12.1 Å². The Morgan fingerprint density at radius 1 is 1.06 bits per heavy atom. The highest BCUT2D eigenvalue weighted by molar-refractivity contribution is 7.86. The maximum Gasteiger partial charge on any atom is 0.358 e. The SMILES string of the molecule is Cc1ccc(S(=O)(=O)ON=C(CCN2C(=O)c3ccccc3C2=O)n2nc(C)c(Cl)c2N)cc1. The van der Waals surface area contributed by atoms with E-state index < -0.39 is 21.9 Å². The first-order chi connectivity index (χ1) is 16.1. The van der Waals surface area contributed by atoms with E-state index in [4.69, 9.17) is 21.6 Å². The zero-order valence-electron chi connectivity index (χ0n) is 18.2. The van der Waals surface area contributed by atoms with Crippen LogP contribution in [0.5, 0.6) is 0 Å². The van der Waals surface area contributed by atoms with Gasteiger partial charge in [-0.25, -0.2) is 0 Å². The third-order valence-electron chi connectivity index (χ3n) is 5.25. The van der Waals surface area contributed by atoms with Gasteiger partial charge in [-0.3, -0.25) is 18.8 Å². The Morgan fingerprint density at radius 2 is 1.65 bits per heavy atom. The molecule has 2 aromatic carbocycles. The lowest BCUT2D eigenvalue weighted by atomic mass is 10.1. The van der Waals surface area contributed by atoms with Gasteiger partial charge in [0.15, 0.2) is 5.84 Å². The topological polar surface area (TPSA) is 137 Å². The fourth-order valence-electron chi connectivity index (χ4n) is 3.41. The molecule has 2 heterocycles. The molecular weight excluding hydrogens is 482 g/mol. The fraction of sp³-hybridized carbons (Fsp3) is 0.182. The summed E-state index contributed by atoms with van der Waals surface area (Å²) in [5, 5.41) is 8.13. The summed E-state index contributed by atoms with van der Waals surface area (Å²) in [7, 11) is -4.25. The largest absolute Gasteiger partial charge is 0.382 e. The number of hydrogen-bond acceptors (Lipinski definition) is 8. The number of carbonyl (C=O) groups is 2. The van der Waals surface area contributed by atoms with Gasteiger partial charge in [0.1, 0.15) is 15.7 Å². The maximum absolute atomic E-state index is 12.7. The lowest BCUT2D eigenvalue weighted by molar-refractivity contribution is 0.0658. The van der Waals surface area contributed by atoms with E-state index in [0.29, 0.717) is 16.8 Å². The Kier molecular flexibility index (Phi) is 6.15. The van der Waals surface area contributed by atoms with Gasteiger partial charge in [0, 0.05) is 13.0 Å². The van der Waals surface area contributed by atoms with E-state index in [1.54, 1.807) is 43.3 Å². The lowest BCUT2D eigenvalue weighted by Gasteiger charge is -2.15. The molecule has 0 bridgehead atoms. The van der Waals surface area contributed by atoms with Gasteiger partial charge < -0.3 is 5.73 Å². The van der Waals surface area contributed by atoms with Crippen molar-refractivity contribution in [3.05, 3.63) is 75.9 Å². The van der Waals surface area contributed by atoms with E-state index in [2.05, 4.69) is 10.3 Å². The third kappa shape index (κ3) is 4.27. The number of hydrogen-bond donors (Lipinski definition) is 1. The van der Waals surface area contributed by atoms with Crippen LogP contribution < -0.4 is 5.73 Å². The molecule has 4 rings (SSSR count). The molecule has 10 nitrogen and oxygen atoms in total. The molecule has 0 saturated heterocycles. The molecular formula is C22H20ClN5O5S. The van der Waals surface area contributed by atoms with Crippen LogP contribution in [0, 0.1) is 13.8 Å². The molecule has 2 amide bonds. The molecule has 176 valence electrons. The van der Waals surface area contributed by atoms with Crippen molar-refractivity contribution in [1.29, 1.82) is 0 Å². The van der Waals surface area contributed by atoms with Gasteiger partial charge in [-0.05, 0) is 43.3 Å². The van der Waals surface area contributed by atoms with Crippen LogP contribution in [-0.2, 0) is 14.4 Å². The number of oxime groups is 1. The van der Waals surface area contributed by atoms with Crippen LogP contribution in [0.25, 0.3) is 0 Å². The zero-order valence-corrected chi connectivity index (χ0v) is 19.8. The Balaban J connectivity index is 1.63. The maximum atomic E-state index is 12.7. The monoisotopic (exact) mass is 501 g/mol. The van der Waals surface area contributed by atoms with E-state index in [9.17, 15) is 18.0 Å². The molecule has 34 heavy (non-hydrogen) atoms. The van der Waals surface area contributed by atoms with Gasteiger partial charge in [-0.2, -0.15) is 18.2 Å². The Morgan fingerprint density at radius 3 is 2.18 bits per heavy atom. The van der Waals surface area contributed by atoms with E-state index >= 15 is 0 Å². The van der Waals surface area contributed by atoms with Gasteiger partial charge in [-0.15, -0.1) is 0 Å². The number of halogens is 1. The molecule has 1 aromatic heterocycles. The molecule has 12 heteroatoms. The van der Waals surface area contributed by atoms with Crippen LogP contribution in [0.15, 0.2) is 58.6 Å². The van der Waals surface area contributed by atoms with Crippen LogP contribution in [0.1, 0.15) is 38.4 Å². The molecule has 0 aliphatic carbocycles. The second-order valence-corrected chi connectivity index (χ2v) is 9.51. The Labute approximate surface area is 200 Å². The summed E-state index contributed by atoms with van der Waals surface area (Å²) < 4.78 is 31.3. The quantitative estimate of drug-likeness (QED) is 0.237. The van der Waals surface area contributed by atoms with Gasteiger partial charge in [0.05, 0.1) is 16.8 Å². The van der Waals surface area contributed by atoms with Crippen LogP contribution in [0.3, 0.4) is 0 Å². The number of nitrogen functional groups attached to an aromatic ring is 1. The number of nitrogens with zero attached hydrogens (tertiary/aromatic N) is 4. The first-order valence-electron chi connectivity index (χ1n) is 10.1. The number of aryl methyl sites for hydroxylation is 2. The minimum absolute atomic E-state index is 0.0108. The Hall–Kier alpha value is -3.70. The van der Waals surface area contributed by atoms with Crippen molar-refractivity contribution in [2.75, 3.05) is 12.3 Å². The summed E-state index contributed by atoms with van der Waals surface area (Å²) in [5.74, 6) is -0.969. The van der Waals surface area contributed by atoms with Crippen molar-refractivity contribution in [3.63, 3.8) is 0 Å². The number of amides is 2. The number of fused-ring (bicyclic) bond motifs is 1. The summed E-state index contributed by atoms with van der Waals surface area (Å²) in [6.45, 7) is 3.31. The van der Waals surface area contributed by atoms with Crippen LogP contribution in [0.2, 0.25) is 5.02 Å². The van der Waals surface area contributed by atoms with Crippen LogP contribution >= 0.6 is 11.6 Å². The molecule has 0 fully saturated rings. The van der Waals surface area contributed by atoms with E-state index in [-0.39, 0.29) is 34.5 Å². The summed E-state index contributed by atoms with van der Waals surface area (Å²) in [5.41, 5.74) is 7.86. The summed E-state index contributed by atoms with van der Waals surface area (Å²) in [6, 6.07) is 12.5. The minimum Gasteiger partial charge on any atom is -0.382 e. The second kappa shape index (κ2) is 8.92. The number of imide groups is 1. The molecule has 2 N–H and O–H groups in total. The van der Waals surface area contributed by atoms with Gasteiger partial charge in [-0.1, -0.05) is 41.4 Å². The van der Waals surface area contributed by atoms with Crippen molar-refractivity contribution in [1.82, 2.24) is 14.7 Å². The molecule has 0 radical (unpaired) electrons. The molecule has 1 aliphatic rings. The van der Waals surface area contributed by atoms with E-state index in [1.807, 2.05) is 6.92 Å². The Bertz CT molecular complexity index is 1400. The van der Waals surface area contributed by atoms with Crippen molar-refractivity contribution in [3.8, 4) is 0 Å². The molecule has 3 aromatic rings. The molecule has 0 atom stereocenters. The number of rotatable bonds is 6. The summed E-state index contributed by atoms with van der Waals surface area (Å²) in [4.78, 5) is 26.3. The highest BCUT2D eigenvalue weighted by Crippen LogP contribution is 2.25. The van der Waals surface area contributed by atoms with Gasteiger partial charge in [0.2, 0.25) is 0 Å². The first-order valence-corrected chi connectivity index (χ1v) is 11.9. The predicted molar refractivity (Wildman–Crippen MR) is 125 cm³/mol. The number of anilines is 1. The molecule has 1 aliphatic heterocycles. The predicted octanol–water partition coefficient (Wildman–Crippen LogP) is 2.99. The van der Waals surface area contributed by atoms with Crippen molar-refractivity contribution in [2.24, 2.45) is 5.16 Å². The first kappa shape index (κ1) is 23.5. The van der Waals surface area contributed by atoms with Crippen LogP contribution in [-0.4, -0.2) is 47.3 Å². The number of carbonyl (C=O) groups excluding carboxylic acids is 2. The molecule has 0 unspecified atom stereocenters. The molecule has 0 saturated carbocycles. The molecule has 0 spiro atoms. The number of nitrogens with two attached hydrogens (primary N) is 1. The number of benzene rings is 2. The average molecular weight is 502 g/mol. The van der Waals surface area contributed by atoms with E-state index in [0.717, 1.165) is 15.1 Å². The number of aromatic nitrogens is 2. The standard InChI is InChI=1S/C22H20ClN5O5S/c1-13-7-9-15(10-8-13)34(31,32)33-26-18(28-20(24)19(23)14(2)25-28)11-12-27-21(29)16-5-3-4-6-17(16)22(27)30/h3-10H,11-12,24H2,1-2H3. The van der Waals surface area contributed by atoms with Gasteiger partial charge >= 0.3 is 10.1 Å². The minimum atomic E-state index is -4.25. The van der Waals surface area contributed by atoms with Crippen molar-refractivity contribution < 1.29 is 22.3 Å². The van der Waals surface area contributed by atoms with Gasteiger partial charge in [0.25, 0.3) is 11.8 Å². The smallest absolute Gasteiger partial charge is 0.358 e. The highest BCUT2D eigenvalue weighted by Gasteiger charge is 2.35. The third-order valence-corrected chi connectivity index (χ3v) is 6.84. The highest BCUT2D eigenvalue weighted by atomic mass is 35.5. The zero-order chi connectivity index (χ0) is 24.6. The lowest BCUT2D eigenvalue weighted by Crippen LogP contribution is -2.33. The second-order valence-electron chi connectivity index (χ2n) is 7.60. The van der Waals surface area contributed by atoms with Crippen molar-refractivity contribution in [2.45, 2.75) is 25.2 Å². The normalized spacial score (nSPS) is 14.0. The van der Waals surface area contributed by atoms with Crippen LogP contribution in [0.4, 0.5) is 5.82 Å².